The number of Topliss-reactive ketones (excluding diaryl/α,β-unsaturated/α-hetero) is 3. The molecule has 1 aromatic rings. The van der Waals surface area contributed by atoms with E-state index in [1.54, 1.807) is 0 Å². The van der Waals surface area contributed by atoms with Gasteiger partial charge in [-0.25, -0.2) is 0 Å². The van der Waals surface area contributed by atoms with Gasteiger partial charge in [-0.15, -0.1) is 0 Å². The fourth-order valence-corrected chi connectivity index (χ4v) is 2.88. The van der Waals surface area contributed by atoms with Crippen LogP contribution in [0.4, 0.5) is 0 Å². The summed E-state index contributed by atoms with van der Waals surface area (Å²) in [5.74, 6) is -7.32. The van der Waals surface area contributed by atoms with E-state index in [1.165, 1.54) is 0 Å². The highest BCUT2D eigenvalue weighted by molar-refractivity contribution is 6.54. The summed E-state index contributed by atoms with van der Waals surface area (Å²) in [6.07, 6.45) is -3.73. The third-order valence-electron chi connectivity index (χ3n) is 3.87. The van der Waals surface area contributed by atoms with Crippen LogP contribution in [0.15, 0.2) is 0 Å². The molecular weight excluding hydrogens is 352 g/mol. The SMILES string of the molecule is COc1c(CC(=O)O)c(CC(=O)O)c(OC)c2c1C(=O)C(=O)C(O)C2=O. The number of methoxy groups -OCH3 is 2. The van der Waals surface area contributed by atoms with Crippen LogP contribution in [-0.4, -0.2) is 64.9 Å². The van der Waals surface area contributed by atoms with Crippen molar-refractivity contribution >= 4 is 29.3 Å². The smallest absolute Gasteiger partial charge is 0.307 e. The Morgan fingerprint density at radius 3 is 1.65 bits per heavy atom. The average molecular weight is 366 g/mol. The third-order valence-corrected chi connectivity index (χ3v) is 3.87. The first-order chi connectivity index (χ1) is 12.1. The van der Waals surface area contributed by atoms with Gasteiger partial charge in [-0.2, -0.15) is 0 Å². The summed E-state index contributed by atoms with van der Waals surface area (Å²) in [4.78, 5) is 58.9. The lowest BCUT2D eigenvalue weighted by molar-refractivity contribution is -0.137. The normalized spacial score (nSPS) is 16.3. The molecule has 1 aliphatic carbocycles. The van der Waals surface area contributed by atoms with E-state index in [0.29, 0.717) is 0 Å². The quantitative estimate of drug-likeness (QED) is 0.431. The number of fused-ring (bicyclic) bond motifs is 1. The molecule has 0 aliphatic heterocycles. The molecule has 138 valence electrons. The van der Waals surface area contributed by atoms with E-state index in [2.05, 4.69) is 0 Å². The molecule has 0 fully saturated rings. The number of carbonyl (C=O) groups excluding carboxylic acids is 3. The van der Waals surface area contributed by atoms with Crippen LogP contribution >= 0.6 is 0 Å². The predicted molar refractivity (Wildman–Crippen MR) is 81.9 cm³/mol. The lowest BCUT2D eigenvalue weighted by Crippen LogP contribution is -2.42. The summed E-state index contributed by atoms with van der Waals surface area (Å²) in [5, 5.41) is 28.0. The molecule has 1 unspecified atom stereocenters. The van der Waals surface area contributed by atoms with Crippen LogP contribution in [0.1, 0.15) is 31.8 Å². The van der Waals surface area contributed by atoms with Gasteiger partial charge in [-0.05, 0) is 0 Å². The molecule has 26 heavy (non-hydrogen) atoms. The lowest BCUT2D eigenvalue weighted by atomic mass is 9.81. The van der Waals surface area contributed by atoms with Gasteiger partial charge in [0.05, 0.1) is 38.2 Å². The van der Waals surface area contributed by atoms with Gasteiger partial charge in [0, 0.05) is 11.1 Å². The van der Waals surface area contributed by atoms with E-state index in [1.807, 2.05) is 0 Å². The number of benzene rings is 1. The van der Waals surface area contributed by atoms with Crippen LogP contribution in [0.3, 0.4) is 0 Å². The Morgan fingerprint density at radius 1 is 0.846 bits per heavy atom. The Kier molecular flexibility index (Phi) is 5.07. The van der Waals surface area contributed by atoms with E-state index in [4.69, 9.17) is 19.7 Å². The first-order valence-corrected chi connectivity index (χ1v) is 7.19. The first kappa shape index (κ1) is 19.1. The molecule has 1 aliphatic rings. The number of aliphatic hydroxyl groups excluding tert-OH is 1. The maximum Gasteiger partial charge on any atom is 0.307 e. The molecule has 0 heterocycles. The number of rotatable bonds is 6. The number of carboxylic acids is 2. The highest BCUT2D eigenvalue weighted by Gasteiger charge is 2.45. The van der Waals surface area contributed by atoms with E-state index >= 15 is 0 Å². The molecule has 1 atom stereocenters. The van der Waals surface area contributed by atoms with E-state index < -0.39 is 65.1 Å². The minimum absolute atomic E-state index is 0.194. The van der Waals surface area contributed by atoms with Crippen molar-refractivity contribution in [3.05, 3.63) is 22.3 Å². The maximum atomic E-state index is 12.4. The number of carboxylic acid groups (broad SMARTS) is 2. The van der Waals surface area contributed by atoms with Gasteiger partial charge < -0.3 is 24.8 Å². The standard InChI is InChI=1S/C16H14O10/c1-25-15-5(3-7(17)18)6(4-8(19)20)16(26-2)10-9(15)11(21)13(23)14(24)12(10)22/h13,23H,3-4H2,1-2H3,(H,17,18)(H,19,20). The zero-order valence-electron chi connectivity index (χ0n) is 13.7. The Bertz CT molecular complexity index is 851. The second kappa shape index (κ2) is 6.92. The summed E-state index contributed by atoms with van der Waals surface area (Å²) in [7, 11) is 2.16. The predicted octanol–water partition coefficient (Wildman–Crippen LogP) is -0.733. The second-order valence-electron chi connectivity index (χ2n) is 5.37. The van der Waals surface area contributed by atoms with Gasteiger partial charge in [0.1, 0.15) is 11.5 Å². The molecule has 0 bridgehead atoms. The molecule has 2 rings (SSSR count). The summed E-state index contributed by atoms with van der Waals surface area (Å²) < 4.78 is 10.1. The number of aliphatic carboxylic acids is 2. The molecule has 0 amide bonds. The van der Waals surface area contributed by atoms with Crippen molar-refractivity contribution in [2.75, 3.05) is 14.2 Å². The van der Waals surface area contributed by atoms with E-state index in [-0.39, 0.29) is 16.9 Å². The Labute approximate surface area is 145 Å². The number of hydrogen-bond donors (Lipinski definition) is 3. The largest absolute Gasteiger partial charge is 0.496 e. The molecule has 0 saturated heterocycles. The zero-order valence-corrected chi connectivity index (χ0v) is 13.7. The van der Waals surface area contributed by atoms with Crippen molar-refractivity contribution in [2.24, 2.45) is 0 Å². The first-order valence-electron chi connectivity index (χ1n) is 7.19. The van der Waals surface area contributed by atoms with Crippen LogP contribution in [0.5, 0.6) is 11.5 Å². The van der Waals surface area contributed by atoms with Gasteiger partial charge in [-0.1, -0.05) is 0 Å². The van der Waals surface area contributed by atoms with Crippen LogP contribution in [0, 0.1) is 0 Å². The van der Waals surface area contributed by atoms with E-state index in [0.717, 1.165) is 14.2 Å². The topological polar surface area (TPSA) is 164 Å². The summed E-state index contributed by atoms with van der Waals surface area (Å²) >= 11 is 0. The van der Waals surface area contributed by atoms with Crippen molar-refractivity contribution in [1.82, 2.24) is 0 Å². The molecule has 0 aromatic heterocycles. The average Bonchev–Trinajstić information content (AvgIpc) is 2.57. The van der Waals surface area contributed by atoms with Gasteiger partial charge in [0.25, 0.3) is 0 Å². The Hall–Kier alpha value is -3.27. The fourth-order valence-electron chi connectivity index (χ4n) is 2.88. The Morgan fingerprint density at radius 2 is 1.27 bits per heavy atom. The summed E-state index contributed by atoms with van der Waals surface area (Å²) in [6, 6.07) is 0. The summed E-state index contributed by atoms with van der Waals surface area (Å²) in [5.41, 5.74) is -1.45. The van der Waals surface area contributed by atoms with E-state index in [9.17, 15) is 29.1 Å². The van der Waals surface area contributed by atoms with Crippen molar-refractivity contribution in [3.8, 4) is 11.5 Å². The Balaban J connectivity index is 3.01. The number of ether oxygens (including phenoxy) is 2. The van der Waals surface area contributed by atoms with Gasteiger partial charge in [-0.3, -0.25) is 24.0 Å². The molecule has 0 radical (unpaired) electrons. The van der Waals surface area contributed by atoms with Gasteiger partial charge in [0.2, 0.25) is 17.3 Å². The zero-order chi connectivity index (χ0) is 19.8. The van der Waals surface area contributed by atoms with Crippen LogP contribution in [-0.2, 0) is 27.2 Å². The van der Waals surface area contributed by atoms with Crippen LogP contribution in [0.2, 0.25) is 0 Å². The second-order valence-corrected chi connectivity index (χ2v) is 5.37. The molecule has 10 heteroatoms. The number of hydrogen-bond acceptors (Lipinski definition) is 8. The monoisotopic (exact) mass is 366 g/mol. The molecule has 10 nitrogen and oxygen atoms in total. The minimum Gasteiger partial charge on any atom is -0.496 e. The molecule has 0 saturated carbocycles. The highest BCUT2D eigenvalue weighted by atomic mass is 16.5. The maximum absolute atomic E-state index is 12.4. The molecule has 3 N–H and O–H groups in total. The molecule has 0 spiro atoms. The third kappa shape index (κ3) is 2.90. The number of ketones is 3. The highest BCUT2D eigenvalue weighted by Crippen LogP contribution is 2.42. The van der Waals surface area contributed by atoms with Crippen molar-refractivity contribution < 1.29 is 48.8 Å². The van der Waals surface area contributed by atoms with Crippen molar-refractivity contribution in [1.29, 1.82) is 0 Å². The minimum atomic E-state index is -2.25. The van der Waals surface area contributed by atoms with Crippen LogP contribution < -0.4 is 9.47 Å². The molecule has 1 aromatic carbocycles. The molecular formula is C16H14O10. The number of aliphatic hydroxyl groups is 1. The number of carbonyl (C=O) groups is 5. The lowest BCUT2D eigenvalue weighted by Gasteiger charge is -2.26. The van der Waals surface area contributed by atoms with Crippen molar-refractivity contribution in [2.45, 2.75) is 18.9 Å². The van der Waals surface area contributed by atoms with Gasteiger partial charge in [0.15, 0.2) is 6.10 Å². The van der Waals surface area contributed by atoms with Gasteiger partial charge >= 0.3 is 11.9 Å². The van der Waals surface area contributed by atoms with Crippen molar-refractivity contribution in [3.63, 3.8) is 0 Å². The van der Waals surface area contributed by atoms with Crippen LogP contribution in [0.25, 0.3) is 0 Å². The fraction of sp³-hybridized carbons (Fsp3) is 0.312. The summed E-state index contributed by atoms with van der Waals surface area (Å²) in [6.45, 7) is 0.